The minimum atomic E-state index is -5.19. The van der Waals surface area contributed by atoms with E-state index in [1.165, 1.54) is 12.1 Å². The van der Waals surface area contributed by atoms with Gasteiger partial charge in [-0.25, -0.2) is 9.78 Å². The van der Waals surface area contributed by atoms with Gasteiger partial charge < -0.3 is 14.8 Å². The van der Waals surface area contributed by atoms with E-state index < -0.39 is 29.8 Å². The third-order valence-electron chi connectivity index (χ3n) is 6.25. The number of carbonyl (C=O) groups is 2. The van der Waals surface area contributed by atoms with E-state index in [-0.39, 0.29) is 41.5 Å². The van der Waals surface area contributed by atoms with Crippen molar-refractivity contribution in [1.82, 2.24) is 4.98 Å². The Balaban J connectivity index is 1.83. The molecule has 0 spiro atoms. The fraction of sp³-hybridized carbons (Fsp3) is 0.276. The van der Waals surface area contributed by atoms with Gasteiger partial charge in [-0.2, -0.15) is 26.3 Å². The molecule has 1 aromatic heterocycles. The lowest BCUT2D eigenvalue weighted by Gasteiger charge is -2.17. The lowest BCUT2D eigenvalue weighted by Crippen LogP contribution is -2.30. The van der Waals surface area contributed by atoms with Gasteiger partial charge in [0.25, 0.3) is 0 Å². The molecule has 41 heavy (non-hydrogen) atoms. The fourth-order valence-corrected chi connectivity index (χ4v) is 4.43. The Kier molecular flexibility index (Phi) is 8.69. The molecule has 1 N–H and O–H groups in total. The number of hydrogen-bond donors (Lipinski definition) is 1. The van der Waals surface area contributed by atoms with Crippen LogP contribution in [-0.2, 0) is 22.3 Å². The number of ether oxygens (including phenoxy) is 2. The van der Waals surface area contributed by atoms with E-state index in [1.807, 2.05) is 0 Å². The van der Waals surface area contributed by atoms with Crippen molar-refractivity contribution in [2.24, 2.45) is 0 Å². The van der Waals surface area contributed by atoms with Crippen LogP contribution < -0.4 is 10.1 Å². The van der Waals surface area contributed by atoms with Crippen LogP contribution in [0.4, 0.5) is 32.0 Å². The standard InChI is InChI=1S/C29H24F6N2O4/c1-2-40-26(38)19-11-18(12-21(13-19)37-27(39)29(33,34)35)22-9-6-10-23(22)24-14-20(28(30,31)32)15-36-25(24)41-16-17-7-4-3-5-8-17/h3-5,7-8,11-15H,2,6,9-10,16H2,1H3,(H,37,39). The van der Waals surface area contributed by atoms with Crippen LogP contribution in [0.5, 0.6) is 5.88 Å². The summed E-state index contributed by atoms with van der Waals surface area (Å²) in [5, 5.41) is 1.74. The molecule has 216 valence electrons. The van der Waals surface area contributed by atoms with Crippen LogP contribution in [0.3, 0.4) is 0 Å². The summed E-state index contributed by atoms with van der Waals surface area (Å²) in [5.41, 5.74) is 0.519. The van der Waals surface area contributed by atoms with Gasteiger partial charge in [-0.3, -0.25) is 4.79 Å². The first-order chi connectivity index (χ1) is 19.4. The highest BCUT2D eigenvalue weighted by Gasteiger charge is 2.39. The molecule has 1 amide bonds. The predicted molar refractivity (Wildman–Crippen MR) is 138 cm³/mol. The lowest BCUT2D eigenvalue weighted by molar-refractivity contribution is -0.167. The number of halogens is 6. The van der Waals surface area contributed by atoms with Crippen LogP contribution in [0.1, 0.15) is 58.8 Å². The Bertz CT molecular complexity index is 1470. The van der Waals surface area contributed by atoms with Gasteiger partial charge in [0.05, 0.1) is 17.7 Å². The number of nitrogens with one attached hydrogen (secondary N) is 1. The molecule has 1 aliphatic rings. The summed E-state index contributed by atoms with van der Waals surface area (Å²) in [6, 6.07) is 13.5. The van der Waals surface area contributed by atoms with Crippen molar-refractivity contribution in [2.75, 3.05) is 11.9 Å². The number of carbonyl (C=O) groups excluding carboxylic acids is 2. The number of esters is 1. The molecule has 4 rings (SSSR count). The molecule has 0 saturated heterocycles. The minimum absolute atomic E-state index is 0.0146. The number of rotatable bonds is 8. The summed E-state index contributed by atoms with van der Waals surface area (Å²) in [6.45, 7) is 1.56. The highest BCUT2D eigenvalue weighted by molar-refractivity contribution is 6.00. The van der Waals surface area contributed by atoms with Crippen molar-refractivity contribution in [3.63, 3.8) is 0 Å². The molecule has 0 fully saturated rings. The molecular weight excluding hydrogens is 554 g/mol. The van der Waals surface area contributed by atoms with Gasteiger partial charge >= 0.3 is 24.2 Å². The molecule has 0 unspecified atom stereocenters. The largest absolute Gasteiger partial charge is 0.472 e. The first kappa shape index (κ1) is 29.6. The maximum atomic E-state index is 13.7. The van der Waals surface area contributed by atoms with E-state index in [9.17, 15) is 35.9 Å². The number of benzene rings is 2. The number of alkyl halides is 6. The highest BCUT2D eigenvalue weighted by atomic mass is 19.4. The van der Waals surface area contributed by atoms with Gasteiger partial charge in [-0.15, -0.1) is 0 Å². The van der Waals surface area contributed by atoms with Crippen molar-refractivity contribution in [1.29, 1.82) is 0 Å². The topological polar surface area (TPSA) is 77.5 Å². The summed E-state index contributed by atoms with van der Waals surface area (Å²) in [6.07, 6.45) is -8.06. The molecule has 0 bridgehead atoms. The zero-order valence-corrected chi connectivity index (χ0v) is 21.7. The Morgan fingerprint density at radius 2 is 1.66 bits per heavy atom. The van der Waals surface area contributed by atoms with Gasteiger partial charge in [0, 0.05) is 17.4 Å². The van der Waals surface area contributed by atoms with Crippen LogP contribution in [0.25, 0.3) is 11.1 Å². The second-order valence-corrected chi connectivity index (χ2v) is 9.13. The number of allylic oxidation sites excluding steroid dienone is 2. The summed E-state index contributed by atoms with van der Waals surface area (Å²) < 4.78 is 90.6. The van der Waals surface area contributed by atoms with Gasteiger partial charge in [0.2, 0.25) is 5.88 Å². The van der Waals surface area contributed by atoms with E-state index in [1.54, 1.807) is 42.6 Å². The van der Waals surface area contributed by atoms with Crippen LogP contribution >= 0.6 is 0 Å². The van der Waals surface area contributed by atoms with Gasteiger partial charge in [-0.1, -0.05) is 30.3 Å². The molecule has 0 radical (unpaired) electrons. The summed E-state index contributed by atoms with van der Waals surface area (Å²) in [4.78, 5) is 28.1. The van der Waals surface area contributed by atoms with E-state index in [0.29, 0.717) is 36.6 Å². The summed E-state index contributed by atoms with van der Waals surface area (Å²) in [5.74, 6) is -3.14. The van der Waals surface area contributed by atoms with Gasteiger partial charge in [0.15, 0.2) is 0 Å². The zero-order valence-electron chi connectivity index (χ0n) is 21.7. The number of amides is 1. The van der Waals surface area contributed by atoms with E-state index in [2.05, 4.69) is 4.98 Å². The lowest BCUT2D eigenvalue weighted by atomic mass is 9.95. The number of pyridine rings is 1. The summed E-state index contributed by atoms with van der Waals surface area (Å²) in [7, 11) is 0. The van der Waals surface area contributed by atoms with Crippen molar-refractivity contribution in [3.8, 4) is 5.88 Å². The fourth-order valence-electron chi connectivity index (χ4n) is 4.43. The van der Waals surface area contributed by atoms with Crippen LogP contribution in [0, 0.1) is 0 Å². The maximum Gasteiger partial charge on any atom is 0.471 e. The Hall–Kier alpha value is -4.35. The monoisotopic (exact) mass is 578 g/mol. The highest BCUT2D eigenvalue weighted by Crippen LogP contribution is 2.44. The molecule has 12 heteroatoms. The number of aromatic nitrogens is 1. The van der Waals surface area contributed by atoms with E-state index in [4.69, 9.17) is 9.47 Å². The first-order valence-corrected chi connectivity index (χ1v) is 12.5. The first-order valence-electron chi connectivity index (χ1n) is 12.5. The third-order valence-corrected chi connectivity index (χ3v) is 6.25. The summed E-state index contributed by atoms with van der Waals surface area (Å²) >= 11 is 0. The molecule has 1 heterocycles. The molecule has 2 aromatic carbocycles. The Labute approximate surface area is 231 Å². The second-order valence-electron chi connectivity index (χ2n) is 9.13. The van der Waals surface area contributed by atoms with Crippen LogP contribution in [0.15, 0.2) is 60.8 Å². The van der Waals surface area contributed by atoms with Crippen molar-refractivity contribution >= 4 is 28.7 Å². The maximum absolute atomic E-state index is 13.7. The van der Waals surface area contributed by atoms with Gasteiger partial charge in [-0.05, 0) is 72.7 Å². The number of hydrogen-bond acceptors (Lipinski definition) is 5. The second kappa shape index (κ2) is 12.0. The predicted octanol–water partition coefficient (Wildman–Crippen LogP) is 7.45. The smallest absolute Gasteiger partial charge is 0.471 e. The number of anilines is 1. The normalized spacial score (nSPS) is 13.7. The minimum Gasteiger partial charge on any atom is -0.472 e. The molecule has 1 aliphatic carbocycles. The van der Waals surface area contributed by atoms with Crippen molar-refractivity contribution in [3.05, 3.63) is 88.6 Å². The van der Waals surface area contributed by atoms with Crippen LogP contribution in [-0.4, -0.2) is 29.6 Å². The quantitative estimate of drug-likeness (QED) is 0.222. The molecule has 3 aromatic rings. The average Bonchev–Trinajstić information content (AvgIpc) is 3.41. The average molecular weight is 579 g/mol. The third kappa shape index (κ3) is 7.24. The zero-order chi connectivity index (χ0) is 29.8. The molecule has 6 nitrogen and oxygen atoms in total. The molecule has 0 atom stereocenters. The Morgan fingerprint density at radius 1 is 0.951 bits per heavy atom. The van der Waals surface area contributed by atoms with E-state index in [0.717, 1.165) is 17.7 Å². The molecular formula is C29H24F6N2O4. The van der Waals surface area contributed by atoms with Gasteiger partial charge in [0.1, 0.15) is 6.61 Å². The molecule has 0 saturated carbocycles. The SMILES string of the molecule is CCOC(=O)c1cc(NC(=O)C(F)(F)F)cc(C2=C(c3cc(C(F)(F)F)cnc3OCc3ccccc3)CCC2)c1. The molecule has 0 aliphatic heterocycles. The van der Waals surface area contributed by atoms with Crippen LogP contribution in [0.2, 0.25) is 0 Å². The van der Waals surface area contributed by atoms with Crippen molar-refractivity contribution in [2.45, 2.75) is 45.1 Å². The number of nitrogens with zero attached hydrogens (tertiary/aromatic N) is 1. The van der Waals surface area contributed by atoms with E-state index >= 15 is 0 Å². The van der Waals surface area contributed by atoms with Crippen molar-refractivity contribution < 1.29 is 45.4 Å². The Morgan fingerprint density at radius 3 is 2.32 bits per heavy atom.